The number of nitrogens with zero attached hydrogens (tertiary/aromatic N) is 2. The molecule has 0 fully saturated rings. The molecule has 6 atom stereocenters. The molecular weight excluding hydrogens is 1440 g/mol. The number of rotatable bonds is 42. The van der Waals surface area contributed by atoms with Crippen LogP contribution in [0.3, 0.4) is 0 Å². The maximum Gasteiger partial charge on any atom is 0.328 e. The molecule has 30 heteroatoms. The molecule has 6 amide bonds. The molecule has 10 N–H and O–H groups in total. The Morgan fingerprint density at radius 3 is 1.04 bits per heavy atom. The number of hydrogen-bond acceptors (Lipinski definition) is 23. The molecule has 1 aliphatic rings. The van der Waals surface area contributed by atoms with Crippen molar-refractivity contribution in [2.45, 2.75) is 140 Å². The van der Waals surface area contributed by atoms with Crippen molar-refractivity contribution in [2.24, 2.45) is 0 Å². The van der Waals surface area contributed by atoms with Gasteiger partial charge in [-0.15, -0.1) is 0 Å². The number of H-pyrrole nitrogens is 1. The molecule has 0 radical (unpaired) electrons. The quantitative estimate of drug-likeness (QED) is 0.0110. The zero-order chi connectivity index (χ0) is 79.4. The summed E-state index contributed by atoms with van der Waals surface area (Å²) in [5, 5.41) is 19.2. The normalized spacial score (nSPS) is 13.3. The van der Waals surface area contributed by atoms with Gasteiger partial charge >= 0.3 is 35.8 Å². The fraction of sp³-hybridized carbons (Fsp3) is 0.293. The molecule has 0 unspecified atom stereocenters. The Bertz CT molecular complexity index is 4530. The zero-order valence-corrected chi connectivity index (χ0v) is 61.1. The Morgan fingerprint density at radius 1 is 0.420 bits per heavy atom. The van der Waals surface area contributed by atoms with Gasteiger partial charge in [0.15, 0.2) is 11.5 Å². The topological polar surface area (TPSA) is 419 Å². The van der Waals surface area contributed by atoms with Crippen LogP contribution in [0, 0.1) is 0 Å². The number of nitrogens with one attached hydrogen (secondary N) is 8. The number of aromatic amines is 1. The third-order valence-electron chi connectivity index (χ3n) is 17.6. The molecule has 584 valence electrons. The molecule has 0 aliphatic carbocycles. The van der Waals surface area contributed by atoms with Gasteiger partial charge in [0, 0.05) is 56.4 Å². The van der Waals surface area contributed by atoms with Crippen LogP contribution in [0.1, 0.15) is 108 Å². The number of carbonyl (C=O) groups excluding carboxylic acids is 12. The number of esters is 6. The van der Waals surface area contributed by atoms with Crippen molar-refractivity contribution < 1.29 is 86.0 Å². The molecule has 0 saturated heterocycles. The highest BCUT2D eigenvalue weighted by Gasteiger charge is 2.34. The molecular formula is C82H87N11O19. The first-order chi connectivity index (χ1) is 54.3. The molecule has 112 heavy (non-hydrogen) atoms. The number of nitrogen functional groups attached to an aromatic ring is 1. The minimum atomic E-state index is -1.54. The van der Waals surface area contributed by atoms with E-state index in [0.29, 0.717) is 39.9 Å². The van der Waals surface area contributed by atoms with Crippen LogP contribution in [0.25, 0.3) is 0 Å². The maximum absolute atomic E-state index is 14.2. The van der Waals surface area contributed by atoms with E-state index in [1.54, 1.807) is 188 Å². The minimum absolute atomic E-state index is 0.00297. The highest BCUT2D eigenvalue weighted by molar-refractivity contribution is 5.97. The van der Waals surface area contributed by atoms with Crippen molar-refractivity contribution >= 4 is 94.9 Å². The lowest BCUT2D eigenvalue weighted by Crippen LogP contribution is -2.50. The van der Waals surface area contributed by atoms with E-state index < -0.39 is 146 Å². The fourth-order valence-corrected chi connectivity index (χ4v) is 11.5. The van der Waals surface area contributed by atoms with E-state index in [4.69, 9.17) is 34.2 Å². The number of fused-ring (bicyclic) bond motifs is 1. The molecule has 30 nitrogen and oxygen atoms in total. The lowest BCUT2D eigenvalue weighted by atomic mass is 10.1. The van der Waals surface area contributed by atoms with E-state index in [1.165, 1.54) is 17.0 Å². The van der Waals surface area contributed by atoms with Crippen LogP contribution >= 0.6 is 0 Å². The van der Waals surface area contributed by atoms with Gasteiger partial charge in [0.25, 0.3) is 11.5 Å². The summed E-state index contributed by atoms with van der Waals surface area (Å²) >= 11 is 0. The zero-order valence-electron chi connectivity index (χ0n) is 61.1. The van der Waals surface area contributed by atoms with Gasteiger partial charge in [-0.2, -0.15) is 4.98 Å². The Hall–Kier alpha value is -13.5. The summed E-state index contributed by atoms with van der Waals surface area (Å²) in [6.45, 7) is -0.694. The molecule has 9 rings (SSSR count). The maximum atomic E-state index is 14.2. The van der Waals surface area contributed by atoms with Crippen LogP contribution in [0.15, 0.2) is 211 Å². The smallest absolute Gasteiger partial charge is 0.328 e. The molecule has 2 heterocycles. The van der Waals surface area contributed by atoms with Gasteiger partial charge in [-0.25, -0.2) is 24.0 Å². The van der Waals surface area contributed by atoms with Gasteiger partial charge < -0.3 is 76.3 Å². The SMILES string of the molecule is Nc1nc2c(c(=O)[nH]1)N(C=O)[C@@H](CNc1ccc(C(=O)N[C@@H](CCC(=O)N[C@@H](CCC(=O)N[C@@H](CCC(=O)N[C@@H](CCC(=O)N[C@@H](CCC(=O)OCc3ccccc3)C(=O)OCc3ccccc3)C(=O)OCc3ccccc3)C(=O)OCc3ccccc3)C(=O)OCc3ccccc3)C(=O)OCc3ccccc3)cc1)CN2. The molecule has 1 aromatic heterocycles. The summed E-state index contributed by atoms with van der Waals surface area (Å²) in [7, 11) is 0. The van der Waals surface area contributed by atoms with E-state index in [1.807, 2.05) is 6.07 Å². The summed E-state index contributed by atoms with van der Waals surface area (Å²) in [6.07, 6.45) is -3.62. The first-order valence-corrected chi connectivity index (χ1v) is 36.2. The average Bonchev–Trinajstić information content (AvgIpc) is 0.787. The summed E-state index contributed by atoms with van der Waals surface area (Å²) in [4.78, 5) is 185. The van der Waals surface area contributed by atoms with Gasteiger partial charge in [0.05, 0.1) is 6.04 Å². The fourth-order valence-electron chi connectivity index (χ4n) is 11.5. The molecule has 1 aliphatic heterocycles. The predicted molar refractivity (Wildman–Crippen MR) is 408 cm³/mol. The van der Waals surface area contributed by atoms with Crippen LogP contribution in [0.5, 0.6) is 0 Å². The van der Waals surface area contributed by atoms with Crippen LogP contribution in [-0.4, -0.2) is 131 Å². The average molecular weight is 1530 g/mol. The lowest BCUT2D eigenvalue weighted by Gasteiger charge is -2.34. The van der Waals surface area contributed by atoms with Crippen LogP contribution in [0.2, 0.25) is 0 Å². The van der Waals surface area contributed by atoms with Gasteiger partial charge in [-0.05, 0) is 89.8 Å². The van der Waals surface area contributed by atoms with Gasteiger partial charge in [-0.3, -0.25) is 43.3 Å². The van der Waals surface area contributed by atoms with E-state index >= 15 is 0 Å². The second kappa shape index (κ2) is 43.5. The van der Waals surface area contributed by atoms with Gasteiger partial charge in [0.2, 0.25) is 36.0 Å². The molecule has 0 saturated carbocycles. The highest BCUT2D eigenvalue weighted by atomic mass is 16.6. The molecule has 0 bridgehead atoms. The van der Waals surface area contributed by atoms with Gasteiger partial charge in [-0.1, -0.05) is 182 Å². The Balaban J connectivity index is 0.845. The number of aromatic nitrogens is 2. The number of benzene rings is 7. The van der Waals surface area contributed by atoms with Crippen molar-refractivity contribution in [2.75, 3.05) is 34.4 Å². The van der Waals surface area contributed by atoms with E-state index in [9.17, 15) is 62.3 Å². The van der Waals surface area contributed by atoms with Crippen LogP contribution < -0.4 is 53.4 Å². The van der Waals surface area contributed by atoms with Crippen molar-refractivity contribution in [1.29, 1.82) is 0 Å². The Labute approximate surface area is 644 Å². The largest absolute Gasteiger partial charge is 0.461 e. The van der Waals surface area contributed by atoms with E-state index in [-0.39, 0.29) is 101 Å². The number of nitrogens with two attached hydrogens (primary N) is 1. The van der Waals surface area contributed by atoms with Crippen LogP contribution in [0.4, 0.5) is 23.1 Å². The van der Waals surface area contributed by atoms with Crippen molar-refractivity contribution in [3.8, 4) is 0 Å². The Morgan fingerprint density at radius 2 is 0.723 bits per heavy atom. The first-order valence-electron chi connectivity index (χ1n) is 36.2. The summed E-state index contributed by atoms with van der Waals surface area (Å²) in [5.41, 5.74) is 9.50. The number of hydrogen-bond donors (Lipinski definition) is 9. The van der Waals surface area contributed by atoms with E-state index in [0.717, 1.165) is 5.56 Å². The number of anilines is 4. The predicted octanol–water partition coefficient (Wildman–Crippen LogP) is 6.62. The number of ether oxygens (including phenoxy) is 6. The van der Waals surface area contributed by atoms with Crippen molar-refractivity contribution in [3.63, 3.8) is 0 Å². The summed E-state index contributed by atoms with van der Waals surface area (Å²) in [6, 6.07) is 50.4. The number of amides is 6. The Kier molecular flexibility index (Phi) is 32.0. The molecule has 8 aromatic rings. The second-order valence-electron chi connectivity index (χ2n) is 26.0. The summed E-state index contributed by atoms with van der Waals surface area (Å²) in [5.74, 6) is -9.20. The summed E-state index contributed by atoms with van der Waals surface area (Å²) < 4.78 is 33.5. The minimum Gasteiger partial charge on any atom is -0.461 e. The standard InChI is InChI=1S/C82H87N11O19/c83-82-91-74-73(76(101)92-82)93(53-94)62(46-85-74)45-84-61-33-31-60(32-34-61)75(100)90-67(81(106)112-52-59-29-17-6-18-30-59)38-43-71(98)88-65(79(104)110-50-57-25-13-4-14-26-57)36-41-69(96)86-63(77(102)108-48-55-21-9-2-10-22-55)35-40-68(95)87-64(78(103)109-49-56-23-11-3-12-24-56)37-42-70(97)89-66(80(105)111-51-58-27-15-5-16-28-58)39-44-72(99)107-47-54-19-7-1-8-20-54/h1-34,53,62-67,84H,35-52H2,(H,86,96)(H,87,95)(H,88,98)(H,89,97)(H,90,100)(H4,83,85,91,92,101)/t62-,63-,64-,65-,66-,67-/m0/s1. The van der Waals surface area contributed by atoms with Crippen molar-refractivity contribution in [1.82, 2.24) is 36.6 Å². The lowest BCUT2D eigenvalue weighted by molar-refractivity contribution is -0.151. The third-order valence-corrected chi connectivity index (χ3v) is 17.6. The highest BCUT2D eigenvalue weighted by Crippen LogP contribution is 2.26. The van der Waals surface area contributed by atoms with Crippen LogP contribution in [-0.2, 0) is 121 Å². The monoisotopic (exact) mass is 1530 g/mol. The third kappa shape index (κ3) is 27.3. The second-order valence-corrected chi connectivity index (χ2v) is 26.0. The van der Waals surface area contributed by atoms with E-state index in [2.05, 4.69) is 47.2 Å². The van der Waals surface area contributed by atoms with Crippen molar-refractivity contribution in [3.05, 3.63) is 256 Å². The van der Waals surface area contributed by atoms with Gasteiger partial charge in [0.1, 0.15) is 69.9 Å². The molecule has 0 spiro atoms. The number of carbonyl (C=O) groups is 12. The first kappa shape index (κ1) is 82.5. The molecule has 7 aromatic carbocycles.